The van der Waals surface area contributed by atoms with Crippen molar-refractivity contribution in [1.82, 2.24) is 15.2 Å². The second kappa shape index (κ2) is 9.63. The van der Waals surface area contributed by atoms with Gasteiger partial charge in [0.2, 0.25) is 0 Å². The Balaban J connectivity index is 1.21. The maximum absolute atomic E-state index is 13.0. The number of ether oxygens (including phenoxy) is 1. The van der Waals surface area contributed by atoms with E-state index < -0.39 is 0 Å². The Hall–Kier alpha value is -3.37. The number of hydrogen-bond acceptors (Lipinski definition) is 9. The molecular weight excluding hydrogens is 460 g/mol. The van der Waals surface area contributed by atoms with Crippen LogP contribution in [0.25, 0.3) is 0 Å². The quantitative estimate of drug-likeness (QED) is 0.325. The summed E-state index contributed by atoms with van der Waals surface area (Å²) in [4.78, 5) is 14.1. The molecule has 0 radical (unpaired) electrons. The van der Waals surface area contributed by atoms with Crippen LogP contribution >= 0.6 is 23.1 Å². The number of carbonyl (C=O) groups is 1. The number of aryl methyl sites for hydroxylation is 1. The first-order chi connectivity index (χ1) is 16.2. The Labute approximate surface area is 198 Å². The molecule has 1 atom stereocenters. The maximum atomic E-state index is 13.0. The number of furan rings is 1. The molecule has 0 fully saturated rings. The third-order valence-corrected chi connectivity index (χ3v) is 6.68. The van der Waals surface area contributed by atoms with Gasteiger partial charge < -0.3 is 13.6 Å². The van der Waals surface area contributed by atoms with Gasteiger partial charge in [-0.05, 0) is 48.2 Å². The predicted octanol–water partition coefficient (Wildman–Crippen LogP) is 5.08. The Morgan fingerprint density at radius 3 is 2.97 bits per heavy atom. The van der Waals surface area contributed by atoms with E-state index in [0.29, 0.717) is 23.3 Å². The molecule has 0 aliphatic carbocycles. The van der Waals surface area contributed by atoms with Gasteiger partial charge in [-0.2, -0.15) is 5.10 Å². The van der Waals surface area contributed by atoms with Crippen molar-refractivity contribution in [2.45, 2.75) is 31.2 Å². The lowest BCUT2D eigenvalue weighted by atomic mass is 10.1. The zero-order valence-corrected chi connectivity index (χ0v) is 19.3. The third kappa shape index (κ3) is 5.01. The van der Waals surface area contributed by atoms with Crippen LogP contribution in [0.1, 0.15) is 34.6 Å². The summed E-state index contributed by atoms with van der Waals surface area (Å²) >= 11 is 2.77. The van der Waals surface area contributed by atoms with Gasteiger partial charge in [0, 0.05) is 6.42 Å². The van der Waals surface area contributed by atoms with E-state index in [-0.39, 0.29) is 24.3 Å². The van der Waals surface area contributed by atoms with Crippen molar-refractivity contribution in [2.24, 2.45) is 5.10 Å². The number of nitrogens with zero attached hydrogens (tertiary/aromatic N) is 4. The molecule has 1 amide bonds. The standard InChI is InChI=1S/C23H20N4O4S2/c1-15-5-2-6-16(11-15)30-13-21-24-25-23(31-21)33-14-22(28)27-18(19-7-3-9-29-19)12-17(26-27)20-8-4-10-32-20/h2-11,18H,12-14H2,1H3. The van der Waals surface area contributed by atoms with Crippen LogP contribution in [-0.4, -0.2) is 32.6 Å². The molecule has 168 valence electrons. The summed E-state index contributed by atoms with van der Waals surface area (Å²) in [5.74, 6) is 1.73. The van der Waals surface area contributed by atoms with Crippen LogP contribution in [0.5, 0.6) is 5.75 Å². The first kappa shape index (κ1) is 21.5. The van der Waals surface area contributed by atoms with Crippen molar-refractivity contribution < 1.29 is 18.4 Å². The van der Waals surface area contributed by atoms with E-state index in [2.05, 4.69) is 15.3 Å². The highest BCUT2D eigenvalue weighted by molar-refractivity contribution is 7.99. The normalized spacial score (nSPS) is 15.6. The molecule has 1 aromatic carbocycles. The number of thioether (sulfide) groups is 1. The van der Waals surface area contributed by atoms with Crippen LogP contribution in [0.3, 0.4) is 0 Å². The van der Waals surface area contributed by atoms with Gasteiger partial charge in [-0.1, -0.05) is 30.0 Å². The fourth-order valence-corrected chi connectivity index (χ4v) is 4.78. The van der Waals surface area contributed by atoms with Crippen LogP contribution < -0.4 is 4.74 Å². The second-order valence-corrected chi connectivity index (χ2v) is 9.23. The molecule has 1 unspecified atom stereocenters. The van der Waals surface area contributed by atoms with E-state index >= 15 is 0 Å². The van der Waals surface area contributed by atoms with Gasteiger partial charge in [-0.15, -0.1) is 21.5 Å². The van der Waals surface area contributed by atoms with Crippen molar-refractivity contribution in [3.63, 3.8) is 0 Å². The molecule has 4 heterocycles. The van der Waals surface area contributed by atoms with Gasteiger partial charge in [0.05, 0.1) is 22.6 Å². The van der Waals surface area contributed by atoms with Crippen molar-refractivity contribution in [3.05, 3.63) is 82.3 Å². The Bertz CT molecular complexity index is 1250. The van der Waals surface area contributed by atoms with Gasteiger partial charge in [0.25, 0.3) is 17.0 Å². The summed E-state index contributed by atoms with van der Waals surface area (Å²) in [6.07, 6.45) is 2.21. The van der Waals surface area contributed by atoms with Crippen molar-refractivity contribution in [2.75, 3.05) is 5.75 Å². The van der Waals surface area contributed by atoms with Crippen LogP contribution in [-0.2, 0) is 11.4 Å². The van der Waals surface area contributed by atoms with E-state index in [1.807, 2.05) is 60.8 Å². The minimum absolute atomic E-state index is 0.110. The van der Waals surface area contributed by atoms with Gasteiger partial charge in [0.1, 0.15) is 17.6 Å². The smallest absolute Gasteiger partial charge is 0.277 e. The highest BCUT2D eigenvalue weighted by Crippen LogP contribution is 2.34. The van der Waals surface area contributed by atoms with Crippen LogP contribution in [0.4, 0.5) is 0 Å². The summed E-state index contributed by atoms with van der Waals surface area (Å²) < 4.78 is 16.9. The molecule has 3 aromatic heterocycles. The monoisotopic (exact) mass is 480 g/mol. The Kier molecular flexibility index (Phi) is 6.27. The Morgan fingerprint density at radius 1 is 1.24 bits per heavy atom. The summed E-state index contributed by atoms with van der Waals surface area (Å²) in [7, 11) is 0. The molecule has 4 aromatic rings. The lowest BCUT2D eigenvalue weighted by Crippen LogP contribution is -2.28. The number of amides is 1. The minimum Gasteiger partial charge on any atom is -0.484 e. The summed E-state index contributed by atoms with van der Waals surface area (Å²) in [5.41, 5.74) is 1.98. The number of hydrazone groups is 1. The number of benzene rings is 1. The summed E-state index contributed by atoms with van der Waals surface area (Å²) in [5, 5.41) is 16.4. The number of rotatable bonds is 8. The van der Waals surface area contributed by atoms with Crippen molar-refractivity contribution >= 4 is 34.7 Å². The number of carbonyl (C=O) groups excluding carboxylic acids is 1. The molecule has 5 rings (SSSR count). The molecule has 1 aliphatic heterocycles. The zero-order valence-electron chi connectivity index (χ0n) is 17.7. The summed E-state index contributed by atoms with van der Waals surface area (Å²) in [6.45, 7) is 2.15. The van der Waals surface area contributed by atoms with Gasteiger partial charge >= 0.3 is 0 Å². The average Bonchev–Trinajstić information content (AvgIpc) is 3.62. The van der Waals surface area contributed by atoms with Gasteiger partial charge in [-0.25, -0.2) is 5.01 Å². The molecule has 8 nitrogen and oxygen atoms in total. The molecule has 0 spiro atoms. The molecule has 0 saturated heterocycles. The number of hydrogen-bond donors (Lipinski definition) is 0. The predicted molar refractivity (Wildman–Crippen MR) is 124 cm³/mol. The number of aromatic nitrogens is 2. The summed E-state index contributed by atoms with van der Waals surface area (Å²) in [6, 6.07) is 15.1. The fraction of sp³-hybridized carbons (Fsp3) is 0.217. The van der Waals surface area contributed by atoms with Crippen molar-refractivity contribution in [1.29, 1.82) is 0 Å². The van der Waals surface area contributed by atoms with E-state index in [1.165, 1.54) is 16.8 Å². The highest BCUT2D eigenvalue weighted by Gasteiger charge is 2.35. The molecule has 10 heteroatoms. The lowest BCUT2D eigenvalue weighted by molar-refractivity contribution is -0.130. The molecule has 0 saturated carbocycles. The van der Waals surface area contributed by atoms with Crippen molar-refractivity contribution in [3.8, 4) is 5.75 Å². The van der Waals surface area contributed by atoms with Crippen LogP contribution in [0.15, 0.2) is 79.3 Å². The topological polar surface area (TPSA) is 94.0 Å². The van der Waals surface area contributed by atoms with E-state index in [9.17, 15) is 4.79 Å². The number of thiophene rings is 1. The molecule has 0 N–H and O–H groups in total. The van der Waals surface area contributed by atoms with Gasteiger partial charge in [0.15, 0.2) is 6.61 Å². The minimum atomic E-state index is -0.272. The largest absolute Gasteiger partial charge is 0.484 e. The van der Waals surface area contributed by atoms with Crippen LogP contribution in [0, 0.1) is 6.92 Å². The average molecular weight is 481 g/mol. The third-order valence-electron chi connectivity index (χ3n) is 4.96. The molecule has 1 aliphatic rings. The first-order valence-electron chi connectivity index (χ1n) is 10.3. The Morgan fingerprint density at radius 2 is 2.18 bits per heavy atom. The molecular formula is C23H20N4O4S2. The van der Waals surface area contributed by atoms with E-state index in [4.69, 9.17) is 13.6 Å². The SMILES string of the molecule is Cc1cccc(OCc2nnc(SCC(=O)N3N=C(c4cccs4)CC3c3ccco3)o2)c1. The first-order valence-corrected chi connectivity index (χ1v) is 12.1. The highest BCUT2D eigenvalue weighted by atomic mass is 32.2. The second-order valence-electron chi connectivity index (χ2n) is 7.35. The van der Waals surface area contributed by atoms with Gasteiger partial charge in [-0.3, -0.25) is 4.79 Å². The zero-order chi connectivity index (χ0) is 22.6. The fourth-order valence-electron chi connectivity index (χ4n) is 3.43. The van der Waals surface area contributed by atoms with E-state index in [0.717, 1.165) is 21.9 Å². The molecule has 33 heavy (non-hydrogen) atoms. The van der Waals surface area contributed by atoms with Crippen LogP contribution in [0.2, 0.25) is 0 Å². The van der Waals surface area contributed by atoms with E-state index in [1.54, 1.807) is 17.6 Å². The molecule has 0 bridgehead atoms. The lowest BCUT2D eigenvalue weighted by Gasteiger charge is -2.19. The maximum Gasteiger partial charge on any atom is 0.277 e.